The molecule has 4 heteroatoms. The van der Waals surface area contributed by atoms with Crippen LogP contribution in [0, 0.1) is 0 Å². The Labute approximate surface area is 104 Å². The molecule has 0 radical (unpaired) electrons. The predicted octanol–water partition coefficient (Wildman–Crippen LogP) is 3.55. The van der Waals surface area contributed by atoms with Gasteiger partial charge in [0.05, 0.1) is 5.60 Å². The lowest BCUT2D eigenvalue weighted by Crippen LogP contribution is -2.43. The summed E-state index contributed by atoms with van der Waals surface area (Å²) in [6.07, 6.45) is 3.79. The molecule has 4 nitrogen and oxygen atoms in total. The van der Waals surface area contributed by atoms with Crippen LogP contribution in [0.15, 0.2) is 0 Å². The first-order valence-corrected chi connectivity index (χ1v) is 6.37. The number of hydrogen-bond acceptors (Lipinski definition) is 3. The number of unbranched alkanes of at least 4 members (excludes halogenated alkanes) is 2. The second-order valence-corrected chi connectivity index (χ2v) is 5.39. The standard InChI is InChI=1S/C13H26O4/c1-6-8-9-10-13(7-2,11(14)15)17-16-12(3,4)5/h6-10H2,1-5H3,(H,14,15). The van der Waals surface area contributed by atoms with Crippen molar-refractivity contribution in [3.63, 3.8) is 0 Å². The van der Waals surface area contributed by atoms with Crippen molar-refractivity contribution in [2.45, 2.75) is 77.9 Å². The predicted molar refractivity (Wildman–Crippen MR) is 66.7 cm³/mol. The second-order valence-electron chi connectivity index (χ2n) is 5.39. The van der Waals surface area contributed by atoms with Gasteiger partial charge in [-0.05, 0) is 40.0 Å². The van der Waals surface area contributed by atoms with Crippen LogP contribution < -0.4 is 0 Å². The summed E-state index contributed by atoms with van der Waals surface area (Å²) in [4.78, 5) is 21.8. The van der Waals surface area contributed by atoms with Crippen molar-refractivity contribution in [1.29, 1.82) is 0 Å². The Bertz CT molecular complexity index is 232. The molecule has 0 heterocycles. The van der Waals surface area contributed by atoms with E-state index in [0.717, 1.165) is 19.3 Å². The lowest BCUT2D eigenvalue weighted by Gasteiger charge is -2.30. The molecular formula is C13H26O4. The van der Waals surface area contributed by atoms with Crippen molar-refractivity contribution < 1.29 is 19.7 Å². The molecule has 0 spiro atoms. The van der Waals surface area contributed by atoms with Crippen molar-refractivity contribution >= 4 is 5.97 Å². The van der Waals surface area contributed by atoms with E-state index in [1.807, 2.05) is 27.7 Å². The first-order valence-electron chi connectivity index (χ1n) is 6.37. The van der Waals surface area contributed by atoms with Crippen LogP contribution in [0.5, 0.6) is 0 Å². The van der Waals surface area contributed by atoms with Crippen molar-refractivity contribution in [3.8, 4) is 0 Å². The SMILES string of the molecule is CCCCCC(CC)(OOC(C)(C)C)C(=O)O. The minimum Gasteiger partial charge on any atom is -0.479 e. The maximum Gasteiger partial charge on any atom is 0.339 e. The van der Waals surface area contributed by atoms with Gasteiger partial charge in [-0.2, -0.15) is 0 Å². The monoisotopic (exact) mass is 246 g/mol. The molecule has 17 heavy (non-hydrogen) atoms. The molecule has 102 valence electrons. The zero-order valence-electron chi connectivity index (χ0n) is 11.7. The lowest BCUT2D eigenvalue weighted by molar-refractivity contribution is -0.398. The summed E-state index contributed by atoms with van der Waals surface area (Å²) < 4.78 is 0. The fraction of sp³-hybridized carbons (Fsp3) is 0.923. The molecule has 0 aromatic carbocycles. The molecular weight excluding hydrogens is 220 g/mol. The number of carbonyl (C=O) groups is 1. The fourth-order valence-corrected chi connectivity index (χ4v) is 1.44. The third-order valence-corrected chi connectivity index (χ3v) is 2.60. The second kappa shape index (κ2) is 6.97. The van der Waals surface area contributed by atoms with E-state index in [4.69, 9.17) is 9.78 Å². The maximum atomic E-state index is 11.4. The molecule has 0 amide bonds. The Morgan fingerprint density at radius 3 is 2.06 bits per heavy atom. The van der Waals surface area contributed by atoms with Crippen LogP contribution in [0.1, 0.15) is 66.7 Å². The Balaban J connectivity index is 4.54. The molecule has 0 aliphatic heterocycles. The average molecular weight is 246 g/mol. The highest BCUT2D eigenvalue weighted by atomic mass is 17.2. The molecule has 0 saturated carbocycles. The van der Waals surface area contributed by atoms with E-state index in [-0.39, 0.29) is 0 Å². The Morgan fingerprint density at radius 1 is 1.12 bits per heavy atom. The van der Waals surface area contributed by atoms with Gasteiger partial charge in [-0.15, -0.1) is 0 Å². The van der Waals surface area contributed by atoms with E-state index in [1.165, 1.54) is 0 Å². The summed E-state index contributed by atoms with van der Waals surface area (Å²) in [5, 5.41) is 9.31. The number of carboxylic acid groups (broad SMARTS) is 1. The van der Waals surface area contributed by atoms with Crippen molar-refractivity contribution in [2.75, 3.05) is 0 Å². The molecule has 0 aliphatic carbocycles. The first kappa shape index (κ1) is 16.4. The quantitative estimate of drug-likeness (QED) is 0.404. The van der Waals surface area contributed by atoms with Crippen LogP contribution in [0.4, 0.5) is 0 Å². The van der Waals surface area contributed by atoms with Gasteiger partial charge in [-0.3, -0.25) is 0 Å². The molecule has 1 unspecified atom stereocenters. The molecule has 0 aromatic rings. The summed E-state index contributed by atoms with van der Waals surface area (Å²) >= 11 is 0. The van der Waals surface area contributed by atoms with Gasteiger partial charge in [0.1, 0.15) is 0 Å². The van der Waals surface area contributed by atoms with Crippen molar-refractivity contribution in [2.24, 2.45) is 0 Å². The molecule has 0 rings (SSSR count). The van der Waals surface area contributed by atoms with Gasteiger partial charge in [0.15, 0.2) is 5.60 Å². The fourth-order valence-electron chi connectivity index (χ4n) is 1.44. The highest BCUT2D eigenvalue weighted by Gasteiger charge is 2.40. The zero-order chi connectivity index (χ0) is 13.5. The molecule has 0 saturated heterocycles. The molecule has 1 atom stereocenters. The van der Waals surface area contributed by atoms with Gasteiger partial charge in [0.25, 0.3) is 0 Å². The smallest absolute Gasteiger partial charge is 0.339 e. The Hall–Kier alpha value is -0.610. The lowest BCUT2D eigenvalue weighted by atomic mass is 9.93. The van der Waals surface area contributed by atoms with Gasteiger partial charge in [-0.25, -0.2) is 14.6 Å². The topological polar surface area (TPSA) is 55.8 Å². The summed E-state index contributed by atoms with van der Waals surface area (Å²) in [6, 6.07) is 0. The summed E-state index contributed by atoms with van der Waals surface area (Å²) in [5.74, 6) is -0.944. The van der Waals surface area contributed by atoms with Crippen LogP contribution in [0.3, 0.4) is 0 Å². The van der Waals surface area contributed by atoms with E-state index in [9.17, 15) is 9.90 Å². The Kier molecular flexibility index (Phi) is 6.72. The number of hydrogen-bond donors (Lipinski definition) is 1. The zero-order valence-corrected chi connectivity index (χ0v) is 11.7. The molecule has 0 aromatic heterocycles. The minimum absolute atomic E-state index is 0.405. The van der Waals surface area contributed by atoms with Crippen LogP contribution >= 0.6 is 0 Å². The minimum atomic E-state index is -1.21. The van der Waals surface area contributed by atoms with E-state index < -0.39 is 17.2 Å². The molecule has 0 bridgehead atoms. The average Bonchev–Trinajstić information content (AvgIpc) is 2.22. The summed E-state index contributed by atoms with van der Waals surface area (Å²) in [5.41, 5.74) is -1.71. The van der Waals surface area contributed by atoms with E-state index in [0.29, 0.717) is 12.8 Å². The summed E-state index contributed by atoms with van der Waals surface area (Å²) in [7, 11) is 0. The van der Waals surface area contributed by atoms with Gasteiger partial charge < -0.3 is 5.11 Å². The maximum absolute atomic E-state index is 11.4. The first-order chi connectivity index (χ1) is 7.77. The van der Waals surface area contributed by atoms with Crippen LogP contribution in [-0.2, 0) is 14.6 Å². The van der Waals surface area contributed by atoms with Crippen molar-refractivity contribution in [1.82, 2.24) is 0 Å². The van der Waals surface area contributed by atoms with E-state index >= 15 is 0 Å². The van der Waals surface area contributed by atoms with Gasteiger partial charge in [-0.1, -0.05) is 26.7 Å². The van der Waals surface area contributed by atoms with Crippen LogP contribution in [0.2, 0.25) is 0 Å². The number of rotatable bonds is 8. The summed E-state index contributed by atoms with van der Waals surface area (Å²) in [6.45, 7) is 9.40. The van der Waals surface area contributed by atoms with Gasteiger partial charge in [0.2, 0.25) is 0 Å². The largest absolute Gasteiger partial charge is 0.479 e. The molecule has 1 N–H and O–H groups in total. The van der Waals surface area contributed by atoms with Gasteiger partial charge in [0, 0.05) is 0 Å². The van der Waals surface area contributed by atoms with Crippen LogP contribution in [-0.4, -0.2) is 22.3 Å². The number of carboxylic acids is 1. The normalized spacial score (nSPS) is 15.6. The van der Waals surface area contributed by atoms with Gasteiger partial charge >= 0.3 is 5.97 Å². The highest BCUT2D eigenvalue weighted by Crippen LogP contribution is 2.27. The molecule has 0 aliphatic rings. The van der Waals surface area contributed by atoms with Crippen molar-refractivity contribution in [3.05, 3.63) is 0 Å². The molecule has 0 fully saturated rings. The number of aliphatic carboxylic acids is 1. The Morgan fingerprint density at radius 2 is 1.71 bits per heavy atom. The van der Waals surface area contributed by atoms with Crippen LogP contribution in [0.25, 0.3) is 0 Å². The third-order valence-electron chi connectivity index (χ3n) is 2.60. The third kappa shape index (κ3) is 6.03. The van der Waals surface area contributed by atoms with E-state index in [2.05, 4.69) is 6.92 Å². The highest BCUT2D eigenvalue weighted by molar-refractivity contribution is 5.77. The van der Waals surface area contributed by atoms with E-state index in [1.54, 1.807) is 0 Å².